The van der Waals surface area contributed by atoms with Crippen molar-refractivity contribution in [1.82, 2.24) is 0 Å². The highest BCUT2D eigenvalue weighted by Gasteiger charge is 2.12. The van der Waals surface area contributed by atoms with Gasteiger partial charge in [-0.3, -0.25) is 0 Å². The highest BCUT2D eigenvalue weighted by molar-refractivity contribution is 9.12. The Hall–Kier alpha value is 0.260. The molecule has 0 saturated carbocycles. The molecule has 0 aliphatic rings. The normalized spacial score (nSPS) is 12.3. The van der Waals surface area contributed by atoms with Crippen LogP contribution in [0.4, 0.5) is 0 Å². The zero-order chi connectivity index (χ0) is 12.1. The van der Waals surface area contributed by atoms with Crippen LogP contribution in [0.1, 0.15) is 5.56 Å². The van der Waals surface area contributed by atoms with Gasteiger partial charge in [0.15, 0.2) is 11.5 Å². The molecule has 1 aromatic rings. The molecule has 0 radical (unpaired) electrons. The number of hydrogen-bond donors (Lipinski definition) is 0. The molecule has 0 spiro atoms. The second-order valence-corrected chi connectivity index (χ2v) is 6.05. The first kappa shape index (κ1) is 14.3. The summed E-state index contributed by atoms with van der Waals surface area (Å²) in [7, 11) is 3.28. The van der Waals surface area contributed by atoms with Crippen molar-refractivity contribution >= 4 is 47.8 Å². The van der Waals surface area contributed by atoms with E-state index in [2.05, 4.69) is 47.8 Å². The summed E-state index contributed by atoms with van der Waals surface area (Å²) in [5, 5.41) is 0.911. The quantitative estimate of drug-likeness (QED) is 0.671. The van der Waals surface area contributed by atoms with Crippen LogP contribution in [0, 0.1) is 0 Å². The fourth-order valence-electron chi connectivity index (χ4n) is 1.35. The van der Waals surface area contributed by atoms with E-state index in [4.69, 9.17) is 9.47 Å². The third kappa shape index (κ3) is 3.64. The molecule has 0 fully saturated rings. The Bertz CT molecular complexity index is 355. The summed E-state index contributed by atoms with van der Waals surface area (Å²) in [6, 6.07) is 3.93. The van der Waals surface area contributed by atoms with Crippen molar-refractivity contribution in [1.29, 1.82) is 0 Å². The van der Waals surface area contributed by atoms with Crippen LogP contribution >= 0.6 is 47.8 Å². The minimum Gasteiger partial charge on any atom is -0.493 e. The fraction of sp³-hybridized carbons (Fsp3) is 0.455. The van der Waals surface area contributed by atoms with E-state index in [1.54, 1.807) is 14.2 Å². The van der Waals surface area contributed by atoms with E-state index in [1.807, 2.05) is 12.1 Å². The molecule has 16 heavy (non-hydrogen) atoms. The van der Waals surface area contributed by atoms with E-state index in [0.717, 1.165) is 27.7 Å². The summed E-state index contributed by atoms with van der Waals surface area (Å²) in [6.07, 6.45) is 0.923. The molecular weight excluding hydrogens is 404 g/mol. The van der Waals surface area contributed by atoms with E-state index in [0.29, 0.717) is 4.83 Å². The largest absolute Gasteiger partial charge is 0.493 e. The van der Waals surface area contributed by atoms with Crippen LogP contribution in [0.2, 0.25) is 0 Å². The molecule has 0 amide bonds. The number of alkyl halides is 2. The van der Waals surface area contributed by atoms with Crippen LogP contribution in [-0.4, -0.2) is 24.4 Å². The van der Waals surface area contributed by atoms with Gasteiger partial charge in [-0.25, -0.2) is 0 Å². The Morgan fingerprint density at radius 2 is 1.75 bits per heavy atom. The first-order valence-corrected chi connectivity index (χ1v) is 7.55. The Labute approximate surface area is 121 Å². The number of rotatable bonds is 5. The predicted octanol–water partition coefficient (Wildman–Crippen LogP) is 4.17. The van der Waals surface area contributed by atoms with E-state index < -0.39 is 0 Å². The second kappa shape index (κ2) is 6.87. The van der Waals surface area contributed by atoms with E-state index in [-0.39, 0.29) is 0 Å². The first-order chi connectivity index (χ1) is 7.62. The van der Waals surface area contributed by atoms with Crippen LogP contribution in [0.15, 0.2) is 16.6 Å². The Balaban J connectivity index is 3.01. The van der Waals surface area contributed by atoms with Gasteiger partial charge in [-0.1, -0.05) is 47.8 Å². The van der Waals surface area contributed by atoms with Crippen LogP contribution < -0.4 is 9.47 Å². The molecular formula is C11H13Br3O2. The van der Waals surface area contributed by atoms with Gasteiger partial charge in [0.25, 0.3) is 0 Å². The zero-order valence-electron chi connectivity index (χ0n) is 9.10. The maximum absolute atomic E-state index is 5.27. The Kier molecular flexibility index (Phi) is 6.15. The standard InChI is InChI=1S/C11H13Br3O2/c1-15-10-4-7(3-8(13)6-12)9(14)5-11(10)16-2/h4-5,8H,3,6H2,1-2H3/t8-/m1/s1. The predicted molar refractivity (Wildman–Crippen MR) is 77.5 cm³/mol. The Morgan fingerprint density at radius 3 is 2.25 bits per heavy atom. The first-order valence-electron chi connectivity index (χ1n) is 4.72. The highest BCUT2D eigenvalue weighted by Crippen LogP contribution is 2.34. The minimum absolute atomic E-state index is 0.405. The maximum Gasteiger partial charge on any atom is 0.161 e. The topological polar surface area (TPSA) is 18.5 Å². The molecule has 2 nitrogen and oxygen atoms in total. The number of benzene rings is 1. The van der Waals surface area contributed by atoms with Gasteiger partial charge < -0.3 is 9.47 Å². The van der Waals surface area contributed by atoms with Crippen molar-refractivity contribution in [3.05, 3.63) is 22.2 Å². The highest BCUT2D eigenvalue weighted by atomic mass is 79.9. The number of ether oxygens (including phenoxy) is 2. The van der Waals surface area contributed by atoms with Gasteiger partial charge in [-0.05, 0) is 24.1 Å². The van der Waals surface area contributed by atoms with Gasteiger partial charge >= 0.3 is 0 Å². The molecule has 0 aliphatic carbocycles. The van der Waals surface area contributed by atoms with Crippen molar-refractivity contribution < 1.29 is 9.47 Å². The fourth-order valence-corrected chi connectivity index (χ4v) is 2.41. The lowest BCUT2D eigenvalue weighted by atomic mass is 10.1. The maximum atomic E-state index is 5.27. The third-order valence-corrected chi connectivity index (χ3v) is 5.20. The monoisotopic (exact) mass is 414 g/mol. The van der Waals surface area contributed by atoms with Crippen LogP contribution in [0.25, 0.3) is 0 Å². The zero-order valence-corrected chi connectivity index (χ0v) is 13.9. The van der Waals surface area contributed by atoms with Crippen molar-refractivity contribution in [2.24, 2.45) is 0 Å². The summed E-state index contributed by atoms with van der Waals surface area (Å²) in [6.45, 7) is 0. The molecule has 0 bridgehead atoms. The van der Waals surface area contributed by atoms with Crippen LogP contribution in [0.5, 0.6) is 11.5 Å². The Morgan fingerprint density at radius 1 is 1.19 bits per heavy atom. The molecule has 1 atom stereocenters. The molecule has 1 aromatic carbocycles. The smallest absolute Gasteiger partial charge is 0.161 e. The second-order valence-electron chi connectivity index (χ2n) is 3.25. The molecule has 0 heterocycles. The molecule has 0 N–H and O–H groups in total. The van der Waals surface area contributed by atoms with Gasteiger partial charge in [0.2, 0.25) is 0 Å². The van der Waals surface area contributed by atoms with Crippen molar-refractivity contribution in [3.8, 4) is 11.5 Å². The van der Waals surface area contributed by atoms with Gasteiger partial charge in [0.1, 0.15) is 0 Å². The van der Waals surface area contributed by atoms with Gasteiger partial charge in [-0.15, -0.1) is 0 Å². The number of methoxy groups -OCH3 is 2. The SMILES string of the molecule is COc1cc(Br)c(C[C@@H](Br)CBr)cc1OC. The van der Waals surface area contributed by atoms with Gasteiger partial charge in [0.05, 0.1) is 14.2 Å². The number of halogens is 3. The molecule has 0 unspecified atom stereocenters. The molecule has 0 aromatic heterocycles. The summed E-state index contributed by atoms with van der Waals surface area (Å²) < 4.78 is 11.5. The van der Waals surface area contributed by atoms with Gasteiger partial charge in [0, 0.05) is 14.6 Å². The number of hydrogen-bond acceptors (Lipinski definition) is 2. The van der Waals surface area contributed by atoms with Crippen molar-refractivity contribution in [3.63, 3.8) is 0 Å². The van der Waals surface area contributed by atoms with Crippen molar-refractivity contribution in [2.45, 2.75) is 11.2 Å². The molecule has 0 aliphatic heterocycles. The lowest BCUT2D eigenvalue weighted by molar-refractivity contribution is 0.354. The molecule has 90 valence electrons. The lowest BCUT2D eigenvalue weighted by Crippen LogP contribution is -2.05. The summed E-state index contributed by atoms with van der Waals surface area (Å²) >= 11 is 10.6. The van der Waals surface area contributed by atoms with Crippen LogP contribution in [-0.2, 0) is 6.42 Å². The summed E-state index contributed by atoms with van der Waals surface area (Å²) in [5.41, 5.74) is 1.19. The molecule has 1 rings (SSSR count). The molecule has 0 saturated heterocycles. The van der Waals surface area contributed by atoms with E-state index >= 15 is 0 Å². The minimum atomic E-state index is 0.405. The third-order valence-electron chi connectivity index (χ3n) is 2.16. The van der Waals surface area contributed by atoms with Crippen molar-refractivity contribution in [2.75, 3.05) is 19.5 Å². The van der Waals surface area contributed by atoms with E-state index in [9.17, 15) is 0 Å². The summed E-state index contributed by atoms with van der Waals surface area (Å²) in [4.78, 5) is 0.405. The average molecular weight is 417 g/mol. The lowest BCUT2D eigenvalue weighted by Gasteiger charge is -2.13. The average Bonchev–Trinajstić information content (AvgIpc) is 2.30. The van der Waals surface area contributed by atoms with Gasteiger partial charge in [-0.2, -0.15) is 0 Å². The van der Waals surface area contributed by atoms with E-state index in [1.165, 1.54) is 5.56 Å². The molecule has 5 heteroatoms. The van der Waals surface area contributed by atoms with Crippen LogP contribution in [0.3, 0.4) is 0 Å². The summed E-state index contributed by atoms with van der Waals surface area (Å²) in [5.74, 6) is 1.50.